The minimum absolute atomic E-state index is 0.0220. The van der Waals surface area contributed by atoms with Crippen LogP contribution in [0.15, 0.2) is 28.9 Å². The van der Waals surface area contributed by atoms with Crippen LogP contribution in [0, 0.1) is 0 Å². The Bertz CT molecular complexity index is 469. The molecule has 0 unspecified atom stereocenters. The Morgan fingerprint density at radius 1 is 1.31 bits per heavy atom. The van der Waals surface area contributed by atoms with Gasteiger partial charge < -0.3 is 14.6 Å². The number of carboxylic acid groups (broad SMARTS) is 1. The zero-order chi connectivity index (χ0) is 9.42. The summed E-state index contributed by atoms with van der Waals surface area (Å²) in [5, 5.41) is 18.5. The topological polar surface area (TPSA) is 70.7 Å². The fraction of sp³-hybridized carbons (Fsp3) is 0. The molecule has 0 aliphatic carbocycles. The molecule has 2 rings (SSSR count). The summed E-state index contributed by atoms with van der Waals surface area (Å²) in [6, 6.07) is 4.17. The van der Waals surface area contributed by atoms with Crippen molar-refractivity contribution in [2.75, 3.05) is 0 Å². The van der Waals surface area contributed by atoms with Crippen LogP contribution in [0.25, 0.3) is 11.0 Å². The van der Waals surface area contributed by atoms with E-state index in [4.69, 9.17) is 9.52 Å². The molecule has 2 N–H and O–H groups in total. The second-order valence-electron chi connectivity index (χ2n) is 2.60. The zero-order valence-electron chi connectivity index (χ0n) is 6.52. The van der Waals surface area contributed by atoms with Crippen molar-refractivity contribution in [3.05, 3.63) is 30.0 Å². The van der Waals surface area contributed by atoms with Gasteiger partial charge in [0, 0.05) is 0 Å². The van der Waals surface area contributed by atoms with E-state index in [1.807, 2.05) is 0 Å². The number of hydrogen-bond acceptors (Lipinski definition) is 3. The molecule has 0 radical (unpaired) electrons. The number of aromatic carboxylic acids is 1. The zero-order valence-corrected chi connectivity index (χ0v) is 6.52. The molecule has 0 bridgehead atoms. The first kappa shape index (κ1) is 7.67. The van der Waals surface area contributed by atoms with Gasteiger partial charge in [-0.3, -0.25) is 0 Å². The summed E-state index contributed by atoms with van der Waals surface area (Å²) in [5.41, 5.74) is 0.255. The monoisotopic (exact) mass is 178 g/mol. The second kappa shape index (κ2) is 2.52. The number of furan rings is 1. The maximum absolute atomic E-state index is 10.7. The number of carbonyl (C=O) groups is 1. The van der Waals surface area contributed by atoms with Gasteiger partial charge in [0.1, 0.15) is 11.3 Å². The van der Waals surface area contributed by atoms with Crippen molar-refractivity contribution >= 4 is 16.9 Å². The van der Waals surface area contributed by atoms with Gasteiger partial charge in [0.25, 0.3) is 0 Å². The molecule has 0 saturated heterocycles. The summed E-state index contributed by atoms with van der Waals surface area (Å²) in [6.45, 7) is 0. The molecule has 0 amide bonds. The predicted molar refractivity (Wildman–Crippen MR) is 44.8 cm³/mol. The minimum atomic E-state index is -1.07. The van der Waals surface area contributed by atoms with E-state index in [-0.39, 0.29) is 16.9 Å². The number of carboxylic acids is 1. The highest BCUT2D eigenvalue weighted by Gasteiger charge is 2.13. The summed E-state index contributed by atoms with van der Waals surface area (Å²) in [4.78, 5) is 10.7. The van der Waals surface area contributed by atoms with E-state index in [9.17, 15) is 9.90 Å². The number of phenolic OH excluding ortho intramolecular Hbond substituents is 1. The van der Waals surface area contributed by atoms with Crippen LogP contribution in [-0.4, -0.2) is 16.2 Å². The molecule has 0 fully saturated rings. The molecule has 2 aromatic rings. The number of hydrogen-bond donors (Lipinski definition) is 2. The lowest BCUT2D eigenvalue weighted by Gasteiger charge is -1.97. The molecular weight excluding hydrogens is 172 g/mol. The predicted octanol–water partition coefficient (Wildman–Crippen LogP) is 1.84. The fourth-order valence-corrected chi connectivity index (χ4v) is 1.22. The van der Waals surface area contributed by atoms with Gasteiger partial charge in [0.05, 0.1) is 11.6 Å². The Hall–Kier alpha value is -1.97. The normalized spacial score (nSPS) is 10.5. The van der Waals surface area contributed by atoms with E-state index in [2.05, 4.69) is 0 Å². The molecule has 1 heterocycles. The average molecular weight is 178 g/mol. The van der Waals surface area contributed by atoms with Crippen LogP contribution in [0.4, 0.5) is 0 Å². The van der Waals surface area contributed by atoms with Crippen LogP contribution in [0.1, 0.15) is 10.4 Å². The van der Waals surface area contributed by atoms with Crippen LogP contribution < -0.4 is 0 Å². The van der Waals surface area contributed by atoms with Crippen LogP contribution in [-0.2, 0) is 0 Å². The van der Waals surface area contributed by atoms with Gasteiger partial charge >= 0.3 is 5.97 Å². The molecule has 4 nitrogen and oxygen atoms in total. The molecule has 1 aromatic heterocycles. The standard InChI is InChI=1S/C9H6O4/c10-7-2-1-6(9(11)12)8-5(7)3-4-13-8/h1-4,10H,(H,11,12). The average Bonchev–Trinajstić information content (AvgIpc) is 2.53. The minimum Gasteiger partial charge on any atom is -0.507 e. The third kappa shape index (κ3) is 1.03. The molecule has 4 heteroatoms. The van der Waals surface area contributed by atoms with Crippen molar-refractivity contribution in [3.63, 3.8) is 0 Å². The number of benzene rings is 1. The van der Waals surface area contributed by atoms with Gasteiger partial charge in [-0.15, -0.1) is 0 Å². The van der Waals surface area contributed by atoms with Gasteiger partial charge in [-0.1, -0.05) is 0 Å². The lowest BCUT2D eigenvalue weighted by molar-refractivity contribution is 0.0698. The molecule has 13 heavy (non-hydrogen) atoms. The third-order valence-corrected chi connectivity index (χ3v) is 1.82. The van der Waals surface area contributed by atoms with E-state index in [1.165, 1.54) is 24.5 Å². The fourth-order valence-electron chi connectivity index (χ4n) is 1.22. The number of rotatable bonds is 1. The Morgan fingerprint density at radius 2 is 2.08 bits per heavy atom. The van der Waals surface area contributed by atoms with E-state index in [0.29, 0.717) is 5.39 Å². The smallest absolute Gasteiger partial charge is 0.339 e. The first-order chi connectivity index (χ1) is 6.20. The Morgan fingerprint density at radius 3 is 2.77 bits per heavy atom. The summed E-state index contributed by atoms with van der Waals surface area (Å²) in [7, 11) is 0. The molecule has 1 aromatic carbocycles. The van der Waals surface area contributed by atoms with Gasteiger partial charge in [-0.25, -0.2) is 4.79 Å². The lowest BCUT2D eigenvalue weighted by Crippen LogP contribution is -1.95. The number of aromatic hydroxyl groups is 1. The van der Waals surface area contributed by atoms with Crippen molar-refractivity contribution in [2.45, 2.75) is 0 Å². The van der Waals surface area contributed by atoms with Crippen LogP contribution in [0.2, 0.25) is 0 Å². The summed E-state index contributed by atoms with van der Waals surface area (Å²) < 4.78 is 4.95. The molecule has 0 atom stereocenters. The molecule has 66 valence electrons. The lowest BCUT2D eigenvalue weighted by atomic mass is 10.1. The van der Waals surface area contributed by atoms with E-state index in [1.54, 1.807) is 0 Å². The molecule has 0 spiro atoms. The van der Waals surface area contributed by atoms with Crippen molar-refractivity contribution in [3.8, 4) is 5.75 Å². The van der Waals surface area contributed by atoms with Crippen molar-refractivity contribution < 1.29 is 19.4 Å². The Kier molecular flexibility index (Phi) is 1.48. The molecular formula is C9H6O4. The Labute approximate surface area is 73.0 Å². The highest BCUT2D eigenvalue weighted by molar-refractivity contribution is 6.02. The van der Waals surface area contributed by atoms with Crippen molar-refractivity contribution in [1.82, 2.24) is 0 Å². The molecule has 0 saturated carbocycles. The largest absolute Gasteiger partial charge is 0.507 e. The second-order valence-corrected chi connectivity index (χ2v) is 2.60. The first-order valence-corrected chi connectivity index (χ1v) is 3.62. The van der Waals surface area contributed by atoms with E-state index in [0.717, 1.165) is 0 Å². The highest BCUT2D eigenvalue weighted by Crippen LogP contribution is 2.28. The maximum Gasteiger partial charge on any atom is 0.339 e. The number of phenols is 1. The molecule has 0 aliphatic heterocycles. The first-order valence-electron chi connectivity index (χ1n) is 3.62. The van der Waals surface area contributed by atoms with E-state index < -0.39 is 5.97 Å². The highest BCUT2D eigenvalue weighted by atomic mass is 16.4. The Balaban J connectivity index is 2.86. The van der Waals surface area contributed by atoms with Crippen molar-refractivity contribution in [1.29, 1.82) is 0 Å². The number of fused-ring (bicyclic) bond motifs is 1. The SMILES string of the molecule is O=C(O)c1ccc(O)c2ccoc12. The summed E-state index contributed by atoms with van der Waals surface area (Å²) >= 11 is 0. The summed E-state index contributed by atoms with van der Waals surface area (Å²) in [5.74, 6) is -1.05. The van der Waals surface area contributed by atoms with Crippen LogP contribution >= 0.6 is 0 Å². The van der Waals surface area contributed by atoms with E-state index >= 15 is 0 Å². The maximum atomic E-state index is 10.7. The quantitative estimate of drug-likeness (QED) is 0.698. The van der Waals surface area contributed by atoms with Crippen molar-refractivity contribution in [2.24, 2.45) is 0 Å². The molecule has 0 aliphatic rings. The van der Waals surface area contributed by atoms with Gasteiger partial charge in [-0.2, -0.15) is 0 Å². The van der Waals surface area contributed by atoms with Crippen LogP contribution in [0.5, 0.6) is 5.75 Å². The third-order valence-electron chi connectivity index (χ3n) is 1.82. The van der Waals surface area contributed by atoms with Gasteiger partial charge in [0.2, 0.25) is 0 Å². The van der Waals surface area contributed by atoms with Crippen LogP contribution in [0.3, 0.4) is 0 Å². The van der Waals surface area contributed by atoms with Gasteiger partial charge in [-0.05, 0) is 18.2 Å². The summed E-state index contributed by atoms with van der Waals surface area (Å²) in [6.07, 6.45) is 1.34. The van der Waals surface area contributed by atoms with Gasteiger partial charge in [0.15, 0.2) is 5.58 Å².